The largest absolute Gasteiger partial charge is 0.332 e. The van der Waals surface area contributed by atoms with E-state index in [-0.39, 0.29) is 10.9 Å². The lowest BCUT2D eigenvalue weighted by molar-refractivity contribution is 0.103. The Labute approximate surface area is 221 Å². The first-order valence-electron chi connectivity index (χ1n) is 11.9. The fourth-order valence-electron chi connectivity index (χ4n) is 4.75. The summed E-state index contributed by atoms with van der Waals surface area (Å²) in [5.74, 6) is -0.652. The molecule has 2 aromatic carbocycles. The number of benzene rings is 2. The van der Waals surface area contributed by atoms with Gasteiger partial charge in [0, 0.05) is 12.2 Å². The first kappa shape index (κ1) is 23.8. The van der Waals surface area contributed by atoms with Crippen molar-refractivity contribution in [1.82, 2.24) is 14.9 Å². The highest BCUT2D eigenvalue weighted by Gasteiger charge is 2.34. The highest BCUT2D eigenvalue weighted by atomic mass is 35.5. The molecule has 3 amide bonds. The predicted molar refractivity (Wildman–Crippen MR) is 144 cm³/mol. The Morgan fingerprint density at radius 2 is 1.89 bits per heavy atom. The molecular formula is C26H22ClFN6O2S. The fraction of sp³-hybridized carbons (Fsp3) is 0.231. The van der Waals surface area contributed by atoms with Crippen molar-refractivity contribution in [2.24, 2.45) is 0 Å². The molecule has 37 heavy (non-hydrogen) atoms. The second kappa shape index (κ2) is 9.70. The van der Waals surface area contributed by atoms with Gasteiger partial charge in [-0.1, -0.05) is 30.2 Å². The van der Waals surface area contributed by atoms with E-state index in [1.165, 1.54) is 54.3 Å². The van der Waals surface area contributed by atoms with Crippen molar-refractivity contribution < 1.29 is 14.0 Å². The van der Waals surface area contributed by atoms with E-state index in [2.05, 4.69) is 25.5 Å². The third-order valence-corrected chi connectivity index (χ3v) is 7.94. The van der Waals surface area contributed by atoms with E-state index in [4.69, 9.17) is 11.6 Å². The fourth-order valence-corrected chi connectivity index (χ4v) is 5.91. The first-order chi connectivity index (χ1) is 18.0. The summed E-state index contributed by atoms with van der Waals surface area (Å²) in [7, 11) is 0. The first-order valence-corrected chi connectivity index (χ1v) is 13.1. The lowest BCUT2D eigenvalue weighted by Gasteiger charge is -2.27. The summed E-state index contributed by atoms with van der Waals surface area (Å²) in [5, 5.41) is 6.14. The number of likely N-dealkylation sites (tertiary alicyclic amines) is 1. The van der Waals surface area contributed by atoms with Crippen molar-refractivity contribution in [3.8, 4) is 0 Å². The van der Waals surface area contributed by atoms with Gasteiger partial charge in [-0.2, -0.15) is 0 Å². The summed E-state index contributed by atoms with van der Waals surface area (Å²) in [5.41, 5.74) is 2.55. The molecule has 2 aliphatic heterocycles. The number of urea groups is 1. The minimum Gasteiger partial charge on any atom is -0.321 e. The number of carbonyl (C=O) groups excluding carboxylic acids is 2. The second-order valence-corrected chi connectivity index (χ2v) is 10.4. The molecule has 1 fully saturated rings. The molecule has 0 aliphatic carbocycles. The number of carbonyl (C=O) groups is 2. The lowest BCUT2D eigenvalue weighted by atomic mass is 10.1. The van der Waals surface area contributed by atoms with Crippen LogP contribution in [0.5, 0.6) is 0 Å². The quantitative estimate of drug-likeness (QED) is 0.308. The molecule has 4 aromatic rings. The Kier molecular flexibility index (Phi) is 6.23. The summed E-state index contributed by atoms with van der Waals surface area (Å²) in [6, 6.07) is 11.3. The SMILES string of the molecule is O=C(Nc1ccc(CN2CCCCC2)cc1)c1sc2ncnc3c2c1NC(=O)N3c1ccc(F)c(Cl)c1. The van der Waals surface area contributed by atoms with Crippen LogP contribution in [-0.4, -0.2) is 39.9 Å². The minimum absolute atomic E-state index is 0.117. The van der Waals surface area contributed by atoms with Crippen molar-refractivity contribution >= 4 is 68.0 Å². The van der Waals surface area contributed by atoms with Gasteiger partial charge in [0.25, 0.3) is 5.91 Å². The number of anilines is 4. The van der Waals surface area contributed by atoms with Crippen LogP contribution in [0.4, 0.5) is 32.1 Å². The highest BCUT2D eigenvalue weighted by Crippen LogP contribution is 2.45. The van der Waals surface area contributed by atoms with Crippen LogP contribution in [-0.2, 0) is 6.54 Å². The molecule has 2 aliphatic rings. The average Bonchev–Trinajstić information content (AvgIpc) is 3.27. The van der Waals surface area contributed by atoms with E-state index in [9.17, 15) is 14.0 Å². The van der Waals surface area contributed by atoms with Gasteiger partial charge in [-0.15, -0.1) is 11.3 Å². The number of halogens is 2. The Hall–Kier alpha value is -3.60. The zero-order valence-corrected chi connectivity index (χ0v) is 21.2. The summed E-state index contributed by atoms with van der Waals surface area (Å²) < 4.78 is 13.7. The normalized spacial score (nSPS) is 15.6. The van der Waals surface area contributed by atoms with Gasteiger partial charge in [-0.05, 0) is 61.8 Å². The van der Waals surface area contributed by atoms with Crippen molar-refractivity contribution in [2.75, 3.05) is 28.6 Å². The van der Waals surface area contributed by atoms with Crippen LogP contribution in [0.2, 0.25) is 5.02 Å². The molecule has 0 bridgehead atoms. The third kappa shape index (κ3) is 4.52. The van der Waals surface area contributed by atoms with Crippen LogP contribution in [0.15, 0.2) is 48.8 Å². The molecule has 0 atom stereocenters. The molecule has 0 spiro atoms. The summed E-state index contributed by atoms with van der Waals surface area (Å²) >= 11 is 7.11. The van der Waals surface area contributed by atoms with Gasteiger partial charge in [0.05, 0.1) is 21.8 Å². The molecule has 11 heteroatoms. The summed E-state index contributed by atoms with van der Waals surface area (Å²) in [6.45, 7) is 3.14. The number of piperidine rings is 1. The Morgan fingerprint density at radius 1 is 1.11 bits per heavy atom. The van der Waals surface area contributed by atoms with Crippen molar-refractivity contribution in [2.45, 2.75) is 25.8 Å². The molecule has 0 saturated carbocycles. The van der Waals surface area contributed by atoms with Crippen molar-refractivity contribution in [3.63, 3.8) is 0 Å². The van der Waals surface area contributed by atoms with Gasteiger partial charge in [-0.3, -0.25) is 9.69 Å². The molecule has 1 saturated heterocycles. The number of hydrogen-bond donors (Lipinski definition) is 2. The molecular weight excluding hydrogens is 515 g/mol. The van der Waals surface area contributed by atoms with Crippen LogP contribution >= 0.6 is 22.9 Å². The maximum atomic E-state index is 13.7. The van der Waals surface area contributed by atoms with Crippen LogP contribution in [0.1, 0.15) is 34.5 Å². The average molecular weight is 537 g/mol. The minimum atomic E-state index is -0.592. The number of aromatic nitrogens is 2. The molecule has 6 rings (SSSR count). The predicted octanol–water partition coefficient (Wildman–Crippen LogP) is 6.41. The number of nitrogens with zero attached hydrogens (tertiary/aromatic N) is 4. The van der Waals surface area contributed by atoms with Crippen molar-refractivity contribution in [3.05, 3.63) is 70.1 Å². The van der Waals surface area contributed by atoms with Gasteiger partial charge in [0.2, 0.25) is 0 Å². The summed E-state index contributed by atoms with van der Waals surface area (Å²) in [6.07, 6.45) is 5.11. The van der Waals surface area contributed by atoms with Crippen molar-refractivity contribution in [1.29, 1.82) is 0 Å². The van der Waals surface area contributed by atoms with Gasteiger partial charge < -0.3 is 10.6 Å². The molecule has 2 N–H and O–H groups in total. The monoisotopic (exact) mass is 536 g/mol. The van der Waals surface area contributed by atoms with Gasteiger partial charge in [0.15, 0.2) is 5.82 Å². The molecule has 8 nitrogen and oxygen atoms in total. The zero-order chi connectivity index (χ0) is 25.5. The van der Waals surface area contributed by atoms with Gasteiger partial charge in [0.1, 0.15) is 21.9 Å². The second-order valence-electron chi connectivity index (χ2n) is 9.04. The number of rotatable bonds is 5. The number of amides is 3. The van der Waals surface area contributed by atoms with Gasteiger partial charge in [-0.25, -0.2) is 24.1 Å². The standard InChI is InChI=1S/C26H22ClFN6O2S/c27-18-12-17(8-9-19(18)28)34-23-20-21(32-26(34)36)22(37-25(20)30-14-29-23)24(35)31-16-6-4-15(5-7-16)13-33-10-2-1-3-11-33/h4-9,12,14H,1-3,10-11,13H2,(H,31,35)(H,32,36). The third-order valence-electron chi connectivity index (χ3n) is 6.55. The molecule has 188 valence electrons. The van der Waals surface area contributed by atoms with Crippen LogP contribution in [0.25, 0.3) is 10.2 Å². The maximum absolute atomic E-state index is 13.7. The lowest BCUT2D eigenvalue weighted by Crippen LogP contribution is -2.35. The van der Waals surface area contributed by atoms with Crippen LogP contribution in [0, 0.1) is 5.82 Å². The van der Waals surface area contributed by atoms with Crippen LogP contribution < -0.4 is 15.5 Å². The number of nitrogens with one attached hydrogen (secondary N) is 2. The van der Waals surface area contributed by atoms with E-state index in [0.717, 1.165) is 31.0 Å². The molecule has 0 unspecified atom stereocenters. The number of hydrogen-bond acceptors (Lipinski definition) is 6. The van der Waals surface area contributed by atoms with Crippen LogP contribution in [0.3, 0.4) is 0 Å². The highest BCUT2D eigenvalue weighted by molar-refractivity contribution is 7.21. The number of thiophene rings is 1. The Morgan fingerprint density at radius 3 is 2.65 bits per heavy atom. The molecule has 0 radical (unpaired) electrons. The van der Waals surface area contributed by atoms with E-state index in [1.54, 1.807) is 0 Å². The maximum Gasteiger partial charge on any atom is 0.332 e. The van der Waals surface area contributed by atoms with E-state index in [1.807, 2.05) is 24.3 Å². The van der Waals surface area contributed by atoms with E-state index in [0.29, 0.717) is 38.0 Å². The molecule has 4 heterocycles. The Bertz CT molecular complexity index is 1520. The van der Waals surface area contributed by atoms with E-state index < -0.39 is 11.8 Å². The smallest absolute Gasteiger partial charge is 0.321 e. The van der Waals surface area contributed by atoms with Gasteiger partial charge >= 0.3 is 6.03 Å². The summed E-state index contributed by atoms with van der Waals surface area (Å²) in [4.78, 5) is 39.6. The molecule has 2 aromatic heterocycles. The zero-order valence-electron chi connectivity index (χ0n) is 19.6. The topological polar surface area (TPSA) is 90.5 Å². The van der Waals surface area contributed by atoms with E-state index >= 15 is 0 Å². The Balaban J connectivity index is 1.27.